The number of hydrogen-bond acceptors (Lipinski definition) is 5. The number of aliphatic imine (C=N–C) groups is 2. The molecule has 1 saturated carbocycles. The first-order valence-electron chi connectivity index (χ1n) is 7.42. The Hall–Kier alpha value is -2.15. The largest absolute Gasteiger partial charge is 0.497 e. The molecule has 120 valence electrons. The van der Waals surface area contributed by atoms with Gasteiger partial charge in [-0.3, -0.25) is 9.59 Å². The second-order valence-electron chi connectivity index (χ2n) is 5.35. The fraction of sp³-hybridized carbons (Fsp3) is 0.375. The predicted molar refractivity (Wildman–Crippen MR) is 91.3 cm³/mol. The molecule has 1 aromatic rings. The lowest BCUT2D eigenvalue weighted by Gasteiger charge is -2.13. The van der Waals surface area contributed by atoms with Crippen LogP contribution >= 0.6 is 11.8 Å². The highest BCUT2D eigenvalue weighted by molar-refractivity contribution is 8.14. The molecule has 1 heterocycles. The maximum atomic E-state index is 12.0. The number of ether oxygens (including phenoxy) is 1. The highest BCUT2D eigenvalue weighted by Crippen LogP contribution is 2.28. The van der Waals surface area contributed by atoms with E-state index in [4.69, 9.17) is 4.74 Å². The van der Waals surface area contributed by atoms with Crippen molar-refractivity contribution in [2.45, 2.75) is 19.3 Å². The number of carbonyl (C=O) groups excluding carboxylic acids is 2. The van der Waals surface area contributed by atoms with E-state index in [0.29, 0.717) is 16.6 Å². The summed E-state index contributed by atoms with van der Waals surface area (Å²) in [6, 6.07) is 7.14. The van der Waals surface area contributed by atoms with Crippen molar-refractivity contribution >= 4 is 40.1 Å². The third-order valence-corrected chi connectivity index (χ3v) is 4.60. The van der Waals surface area contributed by atoms with Crippen molar-refractivity contribution in [1.82, 2.24) is 0 Å². The van der Waals surface area contributed by atoms with E-state index in [9.17, 15) is 9.59 Å². The van der Waals surface area contributed by atoms with Crippen LogP contribution in [0.5, 0.6) is 5.75 Å². The summed E-state index contributed by atoms with van der Waals surface area (Å²) in [4.78, 5) is 32.3. The lowest BCUT2D eigenvalue weighted by molar-refractivity contribution is -0.119. The Morgan fingerprint density at radius 1 is 1.43 bits per heavy atom. The van der Waals surface area contributed by atoms with Crippen LogP contribution in [0.25, 0.3) is 0 Å². The third-order valence-electron chi connectivity index (χ3n) is 3.76. The molecule has 1 aliphatic heterocycles. The van der Waals surface area contributed by atoms with Crippen LogP contribution in [-0.2, 0) is 9.59 Å². The van der Waals surface area contributed by atoms with Gasteiger partial charge in [0.2, 0.25) is 5.91 Å². The van der Waals surface area contributed by atoms with Crippen LogP contribution in [0.15, 0.2) is 34.3 Å². The number of amidine groups is 1. The van der Waals surface area contributed by atoms with Crippen LogP contribution in [0.4, 0.5) is 5.69 Å². The van der Waals surface area contributed by atoms with Crippen LogP contribution in [0, 0.1) is 5.92 Å². The first-order valence-corrected chi connectivity index (χ1v) is 8.41. The van der Waals surface area contributed by atoms with Gasteiger partial charge in [0.25, 0.3) is 5.91 Å². The Kier molecular flexibility index (Phi) is 4.76. The maximum Gasteiger partial charge on any atom is 0.256 e. The van der Waals surface area contributed by atoms with Crippen molar-refractivity contribution in [3.8, 4) is 5.75 Å². The molecule has 0 saturated heterocycles. The molecule has 0 aromatic heterocycles. The zero-order valence-electron chi connectivity index (χ0n) is 12.7. The normalized spacial score (nSPS) is 19.7. The van der Waals surface area contributed by atoms with Gasteiger partial charge >= 0.3 is 0 Å². The molecule has 3 rings (SSSR count). The predicted octanol–water partition coefficient (Wildman–Crippen LogP) is 2.50. The zero-order chi connectivity index (χ0) is 16.2. The van der Waals surface area contributed by atoms with Crippen LogP contribution in [0.2, 0.25) is 0 Å². The summed E-state index contributed by atoms with van der Waals surface area (Å²) < 4.78 is 5.11. The minimum absolute atomic E-state index is 0.120. The fourth-order valence-electron chi connectivity index (χ4n) is 2.64. The Balaban J connectivity index is 1.56. The van der Waals surface area contributed by atoms with Crippen molar-refractivity contribution in [1.29, 1.82) is 0 Å². The Morgan fingerprint density at radius 3 is 3.13 bits per heavy atom. The summed E-state index contributed by atoms with van der Waals surface area (Å²) in [6.07, 6.45) is 2.68. The summed E-state index contributed by atoms with van der Waals surface area (Å²) in [5, 5.41) is 3.18. The number of benzene rings is 1. The van der Waals surface area contributed by atoms with E-state index in [1.807, 2.05) is 0 Å². The molecule has 2 aliphatic rings. The van der Waals surface area contributed by atoms with Gasteiger partial charge in [-0.25, -0.2) is 4.99 Å². The standard InChI is InChI=1S/C16H17N3O3S/c1-22-11-5-2-4-10(8-11)17-14(20)9-23-16-18-13-7-3-6-12(13)15(21)19-16/h2,4-5,8,12H,3,6-7,9H2,1H3,(H,17,20). The van der Waals surface area contributed by atoms with E-state index in [0.717, 1.165) is 25.0 Å². The first kappa shape index (κ1) is 15.7. The number of carbonyl (C=O) groups is 2. The number of nitrogens with one attached hydrogen (secondary N) is 1. The van der Waals surface area contributed by atoms with E-state index in [1.54, 1.807) is 31.4 Å². The molecule has 7 heteroatoms. The summed E-state index contributed by atoms with van der Waals surface area (Å²) in [5.74, 6) is 0.418. The quantitative estimate of drug-likeness (QED) is 0.919. The van der Waals surface area contributed by atoms with Gasteiger partial charge in [0, 0.05) is 17.5 Å². The highest BCUT2D eigenvalue weighted by Gasteiger charge is 2.32. The molecule has 0 bridgehead atoms. The van der Waals surface area contributed by atoms with Gasteiger partial charge in [0.15, 0.2) is 5.17 Å². The van der Waals surface area contributed by atoms with E-state index in [1.165, 1.54) is 11.8 Å². The molecular weight excluding hydrogens is 314 g/mol. The molecule has 1 N–H and O–H groups in total. The van der Waals surface area contributed by atoms with Gasteiger partial charge in [-0.2, -0.15) is 4.99 Å². The van der Waals surface area contributed by atoms with Crippen molar-refractivity contribution < 1.29 is 14.3 Å². The number of thioether (sulfide) groups is 1. The molecular formula is C16H17N3O3S. The van der Waals surface area contributed by atoms with Gasteiger partial charge in [-0.05, 0) is 31.4 Å². The number of fused-ring (bicyclic) bond motifs is 1. The molecule has 23 heavy (non-hydrogen) atoms. The lowest BCUT2D eigenvalue weighted by Crippen LogP contribution is -2.24. The van der Waals surface area contributed by atoms with Crippen LogP contribution < -0.4 is 10.1 Å². The topological polar surface area (TPSA) is 80.1 Å². The number of methoxy groups -OCH3 is 1. The molecule has 1 atom stereocenters. The Bertz CT molecular complexity index is 700. The number of amides is 2. The van der Waals surface area contributed by atoms with E-state index >= 15 is 0 Å². The number of nitrogens with zero attached hydrogens (tertiary/aromatic N) is 2. The molecule has 1 fully saturated rings. The van der Waals surface area contributed by atoms with Gasteiger partial charge in [-0.15, -0.1) is 0 Å². The molecule has 1 aliphatic carbocycles. The van der Waals surface area contributed by atoms with Crippen LogP contribution in [0.3, 0.4) is 0 Å². The number of hydrogen-bond donors (Lipinski definition) is 1. The lowest BCUT2D eigenvalue weighted by atomic mass is 10.1. The van der Waals surface area contributed by atoms with Gasteiger partial charge < -0.3 is 10.1 Å². The third kappa shape index (κ3) is 3.79. The van der Waals surface area contributed by atoms with Crippen LogP contribution in [0.1, 0.15) is 19.3 Å². The Morgan fingerprint density at radius 2 is 2.30 bits per heavy atom. The van der Waals surface area contributed by atoms with Gasteiger partial charge in [0.1, 0.15) is 5.75 Å². The molecule has 1 aromatic carbocycles. The summed E-state index contributed by atoms with van der Waals surface area (Å²) in [7, 11) is 1.57. The maximum absolute atomic E-state index is 12.0. The van der Waals surface area contributed by atoms with E-state index < -0.39 is 0 Å². The summed E-state index contributed by atoms with van der Waals surface area (Å²) in [5.41, 5.74) is 1.58. The first-order chi connectivity index (χ1) is 11.2. The number of anilines is 1. The molecule has 0 radical (unpaired) electrons. The number of rotatable bonds is 4. The minimum atomic E-state index is -0.174. The second kappa shape index (κ2) is 6.95. The SMILES string of the molecule is COc1cccc(NC(=O)CSC2=NC(=O)C3CCCC3=N2)c1. The van der Waals surface area contributed by atoms with Crippen molar-refractivity contribution in [3.05, 3.63) is 24.3 Å². The smallest absolute Gasteiger partial charge is 0.256 e. The highest BCUT2D eigenvalue weighted by atomic mass is 32.2. The van der Waals surface area contributed by atoms with Crippen LogP contribution in [-0.4, -0.2) is 35.6 Å². The molecule has 1 unspecified atom stereocenters. The average Bonchev–Trinajstić information content (AvgIpc) is 3.02. The van der Waals surface area contributed by atoms with E-state index in [2.05, 4.69) is 15.3 Å². The van der Waals surface area contributed by atoms with Crippen molar-refractivity contribution in [2.75, 3.05) is 18.2 Å². The molecule has 2 amide bonds. The zero-order valence-corrected chi connectivity index (χ0v) is 13.6. The Labute approximate surface area is 138 Å². The van der Waals surface area contributed by atoms with Gasteiger partial charge in [0.05, 0.1) is 18.8 Å². The van der Waals surface area contributed by atoms with Crippen molar-refractivity contribution in [2.24, 2.45) is 15.9 Å². The summed E-state index contributed by atoms with van der Waals surface area (Å²) in [6.45, 7) is 0. The van der Waals surface area contributed by atoms with E-state index in [-0.39, 0.29) is 23.5 Å². The average molecular weight is 331 g/mol. The van der Waals surface area contributed by atoms with Gasteiger partial charge in [-0.1, -0.05) is 17.8 Å². The monoisotopic (exact) mass is 331 g/mol. The van der Waals surface area contributed by atoms with Crippen molar-refractivity contribution in [3.63, 3.8) is 0 Å². The molecule has 6 nitrogen and oxygen atoms in total. The second-order valence-corrected chi connectivity index (χ2v) is 6.29. The fourth-order valence-corrected chi connectivity index (χ4v) is 3.31. The summed E-state index contributed by atoms with van der Waals surface area (Å²) >= 11 is 1.19. The molecule has 0 spiro atoms. The minimum Gasteiger partial charge on any atom is -0.497 e.